The van der Waals surface area contributed by atoms with E-state index in [0.717, 1.165) is 16.3 Å². The van der Waals surface area contributed by atoms with E-state index in [9.17, 15) is 0 Å². The molecule has 94 valence electrons. The zero-order valence-electron chi connectivity index (χ0n) is 10.6. The van der Waals surface area contributed by atoms with Gasteiger partial charge in [-0.2, -0.15) is 0 Å². The highest BCUT2D eigenvalue weighted by Gasteiger charge is 2.00. The number of benzene rings is 2. The highest BCUT2D eigenvalue weighted by Crippen LogP contribution is 2.30. The topological polar surface area (TPSA) is 35.2 Å². The van der Waals surface area contributed by atoms with Gasteiger partial charge in [-0.25, -0.2) is 0 Å². The van der Waals surface area contributed by atoms with E-state index in [0.29, 0.717) is 0 Å². The fraction of sp³-hybridized carbons (Fsp3) is 0.200. The molecule has 0 aliphatic carbocycles. The maximum absolute atomic E-state index is 5.76. The van der Waals surface area contributed by atoms with Gasteiger partial charge in [0, 0.05) is 15.5 Å². The maximum atomic E-state index is 5.76. The van der Waals surface area contributed by atoms with Crippen molar-refractivity contribution in [1.82, 2.24) is 0 Å². The molecule has 2 aromatic rings. The standard InChI is InChI=1S/C15H17NOS/c1-11(2)17-13-6-8-14(9-7-13)18-15-5-3-4-12(16)10-15/h3-11H,16H2,1-2H3. The van der Waals surface area contributed by atoms with Crippen molar-refractivity contribution in [3.8, 4) is 5.75 Å². The van der Waals surface area contributed by atoms with Crippen LogP contribution in [0.15, 0.2) is 58.3 Å². The third-order valence-corrected chi connectivity index (χ3v) is 3.29. The van der Waals surface area contributed by atoms with Gasteiger partial charge >= 0.3 is 0 Å². The van der Waals surface area contributed by atoms with E-state index in [1.807, 2.05) is 44.2 Å². The van der Waals surface area contributed by atoms with Crippen molar-refractivity contribution in [3.63, 3.8) is 0 Å². The van der Waals surface area contributed by atoms with Crippen LogP contribution in [0.3, 0.4) is 0 Å². The molecule has 2 rings (SSSR count). The summed E-state index contributed by atoms with van der Waals surface area (Å²) in [6.07, 6.45) is 0.206. The molecule has 0 atom stereocenters. The average molecular weight is 259 g/mol. The highest BCUT2D eigenvalue weighted by molar-refractivity contribution is 7.99. The first-order valence-electron chi connectivity index (χ1n) is 5.93. The SMILES string of the molecule is CC(C)Oc1ccc(Sc2cccc(N)c2)cc1. The Kier molecular flexibility index (Phi) is 4.15. The van der Waals surface area contributed by atoms with Gasteiger partial charge in [-0.1, -0.05) is 17.8 Å². The Hall–Kier alpha value is -1.61. The number of ether oxygens (including phenoxy) is 1. The van der Waals surface area contributed by atoms with Gasteiger partial charge in [0.15, 0.2) is 0 Å². The fourth-order valence-corrected chi connectivity index (χ4v) is 2.46. The molecular formula is C15H17NOS. The minimum atomic E-state index is 0.206. The normalized spacial score (nSPS) is 10.6. The average Bonchev–Trinajstić information content (AvgIpc) is 2.31. The van der Waals surface area contributed by atoms with Crippen molar-refractivity contribution >= 4 is 17.4 Å². The second kappa shape index (κ2) is 5.83. The summed E-state index contributed by atoms with van der Waals surface area (Å²) in [5.74, 6) is 0.905. The molecule has 0 aliphatic rings. The molecule has 0 bridgehead atoms. The molecule has 3 heteroatoms. The lowest BCUT2D eigenvalue weighted by Gasteiger charge is -2.10. The Morgan fingerprint density at radius 1 is 1.00 bits per heavy atom. The zero-order valence-corrected chi connectivity index (χ0v) is 11.4. The van der Waals surface area contributed by atoms with Crippen LogP contribution in [0.1, 0.15) is 13.8 Å². The number of hydrogen-bond donors (Lipinski definition) is 1. The lowest BCUT2D eigenvalue weighted by atomic mass is 10.3. The van der Waals surface area contributed by atoms with Crippen LogP contribution in [0.25, 0.3) is 0 Å². The van der Waals surface area contributed by atoms with E-state index in [1.165, 1.54) is 4.90 Å². The molecule has 18 heavy (non-hydrogen) atoms. The van der Waals surface area contributed by atoms with Crippen LogP contribution in [0.2, 0.25) is 0 Å². The largest absolute Gasteiger partial charge is 0.491 e. The Bertz CT molecular complexity index is 508. The van der Waals surface area contributed by atoms with Crippen molar-refractivity contribution in [2.75, 3.05) is 5.73 Å². The van der Waals surface area contributed by atoms with E-state index in [2.05, 4.69) is 18.2 Å². The molecule has 0 saturated carbocycles. The van der Waals surface area contributed by atoms with Crippen LogP contribution in [-0.2, 0) is 0 Å². The zero-order chi connectivity index (χ0) is 13.0. The molecule has 0 radical (unpaired) electrons. The van der Waals surface area contributed by atoms with Crippen LogP contribution in [0, 0.1) is 0 Å². The number of hydrogen-bond acceptors (Lipinski definition) is 3. The quantitative estimate of drug-likeness (QED) is 0.835. The van der Waals surface area contributed by atoms with Crippen molar-refractivity contribution in [2.24, 2.45) is 0 Å². The molecule has 0 unspecified atom stereocenters. The van der Waals surface area contributed by atoms with Gasteiger partial charge in [0.05, 0.1) is 6.10 Å². The highest BCUT2D eigenvalue weighted by atomic mass is 32.2. The molecular weight excluding hydrogens is 242 g/mol. The molecule has 0 amide bonds. The van der Waals surface area contributed by atoms with Crippen LogP contribution in [-0.4, -0.2) is 6.10 Å². The molecule has 0 heterocycles. The van der Waals surface area contributed by atoms with Gasteiger partial charge in [0.2, 0.25) is 0 Å². The number of nitrogen functional groups attached to an aromatic ring is 1. The monoisotopic (exact) mass is 259 g/mol. The molecule has 2 aromatic carbocycles. The summed E-state index contributed by atoms with van der Waals surface area (Å²) in [6, 6.07) is 16.0. The first kappa shape index (κ1) is 12.8. The lowest BCUT2D eigenvalue weighted by Crippen LogP contribution is -2.04. The smallest absolute Gasteiger partial charge is 0.119 e. The van der Waals surface area contributed by atoms with Gasteiger partial charge in [-0.15, -0.1) is 0 Å². The summed E-state index contributed by atoms with van der Waals surface area (Å²) in [7, 11) is 0. The third-order valence-electron chi connectivity index (χ3n) is 2.29. The molecule has 0 fully saturated rings. The first-order valence-corrected chi connectivity index (χ1v) is 6.75. The van der Waals surface area contributed by atoms with Crippen molar-refractivity contribution in [3.05, 3.63) is 48.5 Å². The summed E-state index contributed by atoms with van der Waals surface area (Å²) in [5, 5.41) is 0. The molecule has 0 saturated heterocycles. The van der Waals surface area contributed by atoms with E-state index >= 15 is 0 Å². The fourth-order valence-electron chi connectivity index (χ4n) is 1.57. The molecule has 0 aliphatic heterocycles. The second-order valence-electron chi connectivity index (χ2n) is 4.31. The minimum absolute atomic E-state index is 0.206. The van der Waals surface area contributed by atoms with E-state index < -0.39 is 0 Å². The Morgan fingerprint density at radius 2 is 1.72 bits per heavy atom. The van der Waals surface area contributed by atoms with Gasteiger partial charge in [0.25, 0.3) is 0 Å². The van der Waals surface area contributed by atoms with Gasteiger partial charge in [-0.3, -0.25) is 0 Å². The summed E-state index contributed by atoms with van der Waals surface area (Å²) in [6.45, 7) is 4.05. The van der Waals surface area contributed by atoms with E-state index in [1.54, 1.807) is 11.8 Å². The van der Waals surface area contributed by atoms with Crippen molar-refractivity contribution in [2.45, 2.75) is 29.7 Å². The molecule has 2 nitrogen and oxygen atoms in total. The number of rotatable bonds is 4. The van der Waals surface area contributed by atoms with Gasteiger partial charge in [-0.05, 0) is 56.3 Å². The Labute approximate surface area is 112 Å². The van der Waals surface area contributed by atoms with Crippen LogP contribution in [0.4, 0.5) is 5.69 Å². The van der Waals surface area contributed by atoms with Crippen molar-refractivity contribution < 1.29 is 4.74 Å². The van der Waals surface area contributed by atoms with Crippen LogP contribution in [0.5, 0.6) is 5.75 Å². The summed E-state index contributed by atoms with van der Waals surface area (Å²) >= 11 is 1.69. The maximum Gasteiger partial charge on any atom is 0.119 e. The Balaban J connectivity index is 2.06. The summed E-state index contributed by atoms with van der Waals surface area (Å²) in [4.78, 5) is 2.32. The Morgan fingerprint density at radius 3 is 2.33 bits per heavy atom. The third kappa shape index (κ3) is 3.70. The van der Waals surface area contributed by atoms with Gasteiger partial charge in [0.1, 0.15) is 5.75 Å². The first-order chi connectivity index (χ1) is 8.63. The summed E-state index contributed by atoms with van der Waals surface area (Å²) < 4.78 is 5.61. The number of anilines is 1. The minimum Gasteiger partial charge on any atom is -0.491 e. The predicted octanol–water partition coefficient (Wildman–Crippen LogP) is 4.21. The predicted molar refractivity (Wildman–Crippen MR) is 77.2 cm³/mol. The van der Waals surface area contributed by atoms with Crippen molar-refractivity contribution in [1.29, 1.82) is 0 Å². The van der Waals surface area contributed by atoms with Crippen LogP contribution < -0.4 is 10.5 Å². The molecule has 2 N–H and O–H groups in total. The lowest BCUT2D eigenvalue weighted by molar-refractivity contribution is 0.242. The summed E-state index contributed by atoms with van der Waals surface area (Å²) in [5.41, 5.74) is 6.55. The number of nitrogens with two attached hydrogens (primary N) is 1. The van der Waals surface area contributed by atoms with E-state index in [4.69, 9.17) is 10.5 Å². The second-order valence-corrected chi connectivity index (χ2v) is 5.46. The molecule has 0 spiro atoms. The van der Waals surface area contributed by atoms with E-state index in [-0.39, 0.29) is 6.10 Å². The van der Waals surface area contributed by atoms with Crippen LogP contribution >= 0.6 is 11.8 Å². The molecule has 0 aromatic heterocycles. The van der Waals surface area contributed by atoms with Gasteiger partial charge < -0.3 is 10.5 Å².